The van der Waals surface area contributed by atoms with E-state index in [4.69, 9.17) is 10.5 Å². The Morgan fingerprint density at radius 2 is 2.00 bits per heavy atom. The largest absolute Gasteiger partial charge is 0.379 e. The number of aryl methyl sites for hydroxylation is 2. The lowest BCUT2D eigenvalue weighted by molar-refractivity contribution is 0.0376. The highest BCUT2D eigenvalue weighted by Gasteiger charge is 2.09. The number of rotatable bonds is 9. The molecule has 0 spiro atoms. The molecule has 0 aliphatic carbocycles. The van der Waals surface area contributed by atoms with Gasteiger partial charge in [0.05, 0.1) is 30.5 Å². The highest BCUT2D eigenvalue weighted by atomic mass is 127. The zero-order valence-corrected chi connectivity index (χ0v) is 19.3. The second-order valence-electron chi connectivity index (χ2n) is 6.65. The quantitative estimate of drug-likeness (QED) is 0.233. The van der Waals surface area contributed by atoms with E-state index in [2.05, 4.69) is 49.8 Å². The van der Waals surface area contributed by atoms with Crippen molar-refractivity contribution in [1.82, 2.24) is 15.2 Å². The van der Waals surface area contributed by atoms with Crippen molar-refractivity contribution in [2.24, 2.45) is 10.7 Å². The molecule has 0 saturated carbocycles. The molecule has 8 heteroatoms. The average molecular weight is 515 g/mol. The van der Waals surface area contributed by atoms with Gasteiger partial charge in [-0.1, -0.05) is 30.3 Å². The molecule has 154 valence electrons. The van der Waals surface area contributed by atoms with E-state index >= 15 is 0 Å². The molecule has 0 bridgehead atoms. The first-order chi connectivity index (χ1) is 13.3. The lowest BCUT2D eigenvalue weighted by Gasteiger charge is -2.26. The Morgan fingerprint density at radius 3 is 2.79 bits per heavy atom. The van der Waals surface area contributed by atoms with E-state index in [0.29, 0.717) is 12.5 Å². The first kappa shape index (κ1) is 23.1. The Hall–Kier alpha value is -1.23. The number of ether oxygens (including phenoxy) is 1. The molecule has 1 aliphatic heterocycles. The van der Waals surface area contributed by atoms with Crippen LogP contribution in [0.1, 0.15) is 22.7 Å². The molecule has 28 heavy (non-hydrogen) atoms. The SMILES string of the molecule is I.NC(=NCc1csc(CCc2ccccc2)n1)NCCCN1CCOCC1. The summed E-state index contributed by atoms with van der Waals surface area (Å²) in [5.41, 5.74) is 8.30. The van der Waals surface area contributed by atoms with E-state index in [1.807, 2.05) is 6.07 Å². The minimum Gasteiger partial charge on any atom is -0.379 e. The highest BCUT2D eigenvalue weighted by molar-refractivity contribution is 14.0. The van der Waals surface area contributed by atoms with Crippen molar-refractivity contribution in [1.29, 1.82) is 0 Å². The van der Waals surface area contributed by atoms with E-state index in [1.165, 1.54) is 5.56 Å². The van der Waals surface area contributed by atoms with Gasteiger partial charge in [0.15, 0.2) is 5.96 Å². The van der Waals surface area contributed by atoms with Crippen LogP contribution >= 0.6 is 35.3 Å². The molecule has 2 heterocycles. The minimum absolute atomic E-state index is 0. The summed E-state index contributed by atoms with van der Waals surface area (Å²) in [4.78, 5) is 11.5. The Labute approximate surface area is 188 Å². The molecule has 3 N–H and O–H groups in total. The van der Waals surface area contributed by atoms with Crippen molar-refractivity contribution in [2.75, 3.05) is 39.4 Å². The van der Waals surface area contributed by atoms with Gasteiger partial charge in [-0.05, 0) is 24.9 Å². The zero-order chi connectivity index (χ0) is 18.7. The van der Waals surface area contributed by atoms with E-state index in [9.17, 15) is 0 Å². The monoisotopic (exact) mass is 515 g/mol. The third-order valence-electron chi connectivity index (χ3n) is 4.54. The Kier molecular flexibility index (Phi) is 10.8. The fraction of sp³-hybridized carbons (Fsp3) is 0.500. The second kappa shape index (κ2) is 13.1. The number of nitrogens with one attached hydrogen (secondary N) is 1. The number of nitrogens with two attached hydrogens (primary N) is 1. The van der Waals surface area contributed by atoms with Crippen LogP contribution in [0.2, 0.25) is 0 Å². The predicted octanol–water partition coefficient (Wildman–Crippen LogP) is 2.67. The summed E-state index contributed by atoms with van der Waals surface area (Å²) in [6, 6.07) is 10.5. The van der Waals surface area contributed by atoms with Crippen LogP contribution in [0.5, 0.6) is 0 Å². The number of aromatic nitrogens is 1. The summed E-state index contributed by atoms with van der Waals surface area (Å²) in [5.74, 6) is 0.496. The number of halogens is 1. The molecular weight excluding hydrogens is 485 g/mol. The van der Waals surface area contributed by atoms with E-state index < -0.39 is 0 Å². The van der Waals surface area contributed by atoms with Gasteiger partial charge >= 0.3 is 0 Å². The molecule has 0 radical (unpaired) electrons. The summed E-state index contributed by atoms with van der Waals surface area (Å²) in [6.45, 7) is 6.19. The maximum absolute atomic E-state index is 5.96. The summed E-state index contributed by atoms with van der Waals surface area (Å²) in [7, 11) is 0. The maximum Gasteiger partial charge on any atom is 0.188 e. The number of hydrogen-bond donors (Lipinski definition) is 2. The molecule has 1 fully saturated rings. The molecule has 1 aromatic carbocycles. The zero-order valence-electron chi connectivity index (χ0n) is 16.2. The first-order valence-electron chi connectivity index (χ1n) is 9.61. The van der Waals surface area contributed by atoms with E-state index in [0.717, 1.165) is 69.4 Å². The fourth-order valence-electron chi connectivity index (χ4n) is 3.00. The second-order valence-corrected chi connectivity index (χ2v) is 7.60. The lowest BCUT2D eigenvalue weighted by Crippen LogP contribution is -2.39. The van der Waals surface area contributed by atoms with Crippen molar-refractivity contribution in [3.8, 4) is 0 Å². The fourth-order valence-corrected chi connectivity index (χ4v) is 3.79. The molecule has 2 aromatic rings. The molecule has 1 aliphatic rings. The number of morpholine rings is 1. The number of nitrogens with zero attached hydrogens (tertiary/aromatic N) is 3. The van der Waals surface area contributed by atoms with Crippen LogP contribution in [0.4, 0.5) is 0 Å². The van der Waals surface area contributed by atoms with Crippen molar-refractivity contribution in [3.63, 3.8) is 0 Å². The standard InChI is InChI=1S/C20H29N5OS.HI/c21-20(22-9-4-10-25-11-13-26-14-12-25)23-15-18-16-27-19(24-18)8-7-17-5-2-1-3-6-17;/h1-3,5-6,16H,4,7-15H2,(H3,21,22,23);1H. The normalized spacial score (nSPS) is 15.2. The van der Waals surface area contributed by atoms with Gasteiger partial charge in [-0.2, -0.15) is 0 Å². The van der Waals surface area contributed by atoms with Crippen molar-refractivity contribution >= 4 is 41.3 Å². The molecule has 6 nitrogen and oxygen atoms in total. The van der Waals surface area contributed by atoms with Crippen LogP contribution < -0.4 is 11.1 Å². The Bertz CT molecular complexity index is 704. The van der Waals surface area contributed by atoms with Crippen LogP contribution in [0.15, 0.2) is 40.7 Å². The van der Waals surface area contributed by atoms with Gasteiger partial charge in [-0.15, -0.1) is 35.3 Å². The van der Waals surface area contributed by atoms with Crippen LogP contribution in [-0.2, 0) is 24.1 Å². The van der Waals surface area contributed by atoms with Crippen LogP contribution in [-0.4, -0.2) is 55.2 Å². The number of aliphatic imine (C=N–C) groups is 1. The third kappa shape index (κ3) is 8.42. The van der Waals surface area contributed by atoms with E-state index in [-0.39, 0.29) is 24.0 Å². The first-order valence-corrected chi connectivity index (χ1v) is 10.5. The van der Waals surface area contributed by atoms with Gasteiger partial charge in [-0.25, -0.2) is 9.98 Å². The van der Waals surface area contributed by atoms with Crippen LogP contribution in [0.25, 0.3) is 0 Å². The van der Waals surface area contributed by atoms with Gasteiger partial charge < -0.3 is 15.8 Å². The summed E-state index contributed by atoms with van der Waals surface area (Å²) < 4.78 is 5.36. The third-order valence-corrected chi connectivity index (χ3v) is 5.50. The highest BCUT2D eigenvalue weighted by Crippen LogP contribution is 2.13. The smallest absolute Gasteiger partial charge is 0.188 e. The Morgan fingerprint density at radius 1 is 1.21 bits per heavy atom. The van der Waals surface area contributed by atoms with Crippen LogP contribution in [0, 0.1) is 0 Å². The summed E-state index contributed by atoms with van der Waals surface area (Å²) >= 11 is 1.70. The molecule has 0 atom stereocenters. The summed E-state index contributed by atoms with van der Waals surface area (Å²) in [6.07, 6.45) is 3.04. The topological polar surface area (TPSA) is 75.8 Å². The molecule has 0 unspecified atom stereocenters. The molecule has 1 aromatic heterocycles. The van der Waals surface area contributed by atoms with Gasteiger partial charge in [0.25, 0.3) is 0 Å². The van der Waals surface area contributed by atoms with E-state index in [1.54, 1.807) is 11.3 Å². The Balaban J connectivity index is 0.00000280. The maximum atomic E-state index is 5.96. The molecule has 3 rings (SSSR count). The minimum atomic E-state index is 0. The van der Waals surface area contributed by atoms with Crippen molar-refractivity contribution < 1.29 is 4.74 Å². The number of thiazole rings is 1. The predicted molar refractivity (Wildman–Crippen MR) is 127 cm³/mol. The number of guanidine groups is 1. The number of hydrogen-bond acceptors (Lipinski definition) is 5. The van der Waals surface area contributed by atoms with Crippen LogP contribution in [0.3, 0.4) is 0 Å². The van der Waals surface area contributed by atoms with Gasteiger partial charge in [0.1, 0.15) is 0 Å². The molecule has 1 saturated heterocycles. The number of benzene rings is 1. The van der Waals surface area contributed by atoms with Crippen molar-refractivity contribution in [3.05, 3.63) is 52.0 Å². The van der Waals surface area contributed by atoms with Gasteiger partial charge in [0.2, 0.25) is 0 Å². The molecular formula is C20H30IN5OS. The lowest BCUT2D eigenvalue weighted by atomic mass is 10.1. The average Bonchev–Trinajstić information content (AvgIpc) is 3.18. The summed E-state index contributed by atoms with van der Waals surface area (Å²) in [5, 5.41) is 6.42. The van der Waals surface area contributed by atoms with Gasteiger partial charge in [0, 0.05) is 31.4 Å². The van der Waals surface area contributed by atoms with Gasteiger partial charge in [-0.3, -0.25) is 4.90 Å². The van der Waals surface area contributed by atoms with Crippen molar-refractivity contribution in [2.45, 2.75) is 25.8 Å². The molecule has 0 amide bonds.